The van der Waals surface area contributed by atoms with Crippen LogP contribution in [0.3, 0.4) is 0 Å². The lowest BCUT2D eigenvalue weighted by atomic mass is 10.1. The van der Waals surface area contributed by atoms with Crippen LogP contribution in [0.15, 0.2) is 53.6 Å². The zero-order valence-electron chi connectivity index (χ0n) is 13.0. The van der Waals surface area contributed by atoms with Crippen molar-refractivity contribution in [2.45, 2.75) is 6.18 Å². The molecule has 0 aliphatic rings. The molecule has 2 aromatic carbocycles. The largest absolute Gasteiger partial charge is 0.416 e. The van der Waals surface area contributed by atoms with Crippen LogP contribution in [0.5, 0.6) is 0 Å². The number of hydrogen-bond donors (Lipinski definition) is 2. The van der Waals surface area contributed by atoms with E-state index in [0.29, 0.717) is 5.69 Å². The summed E-state index contributed by atoms with van der Waals surface area (Å²) in [5.41, 5.74) is 1.89. The molecule has 0 unspecified atom stereocenters. The number of nitriles is 2. The summed E-state index contributed by atoms with van der Waals surface area (Å²) in [5.74, 6) is -0.589. The van der Waals surface area contributed by atoms with E-state index in [1.165, 1.54) is 36.4 Å². The van der Waals surface area contributed by atoms with Crippen LogP contribution in [0.25, 0.3) is 0 Å². The van der Waals surface area contributed by atoms with Gasteiger partial charge in [0.15, 0.2) is 0 Å². The van der Waals surface area contributed by atoms with Gasteiger partial charge in [0.1, 0.15) is 12.1 Å². The second-order valence-electron chi connectivity index (χ2n) is 4.91. The third-order valence-corrected chi connectivity index (χ3v) is 3.10. The van der Waals surface area contributed by atoms with Crippen molar-refractivity contribution in [3.63, 3.8) is 0 Å². The summed E-state index contributed by atoms with van der Waals surface area (Å²) in [6.07, 6.45) is -4.50. The fourth-order valence-corrected chi connectivity index (χ4v) is 1.87. The van der Waals surface area contributed by atoms with Crippen LogP contribution in [-0.4, -0.2) is 11.6 Å². The molecular formula is C17H10F3N5O. The Morgan fingerprint density at radius 1 is 1.00 bits per heavy atom. The van der Waals surface area contributed by atoms with Gasteiger partial charge in [-0.15, -0.1) is 0 Å². The average molecular weight is 357 g/mol. The van der Waals surface area contributed by atoms with Crippen molar-refractivity contribution in [1.82, 2.24) is 0 Å². The van der Waals surface area contributed by atoms with Crippen LogP contribution in [0, 0.1) is 22.7 Å². The first-order chi connectivity index (χ1) is 12.3. The van der Waals surface area contributed by atoms with Crippen molar-refractivity contribution in [3.05, 3.63) is 59.7 Å². The molecule has 0 aromatic heterocycles. The number of halogens is 3. The van der Waals surface area contributed by atoms with Gasteiger partial charge < -0.3 is 5.32 Å². The molecule has 0 fully saturated rings. The van der Waals surface area contributed by atoms with Crippen molar-refractivity contribution in [1.29, 1.82) is 10.5 Å². The first kappa shape index (κ1) is 18.5. The Balaban J connectivity index is 2.08. The SMILES string of the molecule is N#CC(C#N)=NNc1ccc(C(=O)Nc2cccc(C(F)(F)F)c2)cc1. The molecule has 0 saturated heterocycles. The molecule has 1 amide bonds. The number of nitrogens with zero attached hydrogens (tertiary/aromatic N) is 3. The molecule has 0 heterocycles. The van der Waals surface area contributed by atoms with Crippen LogP contribution in [0.4, 0.5) is 24.5 Å². The van der Waals surface area contributed by atoms with Crippen molar-refractivity contribution < 1.29 is 18.0 Å². The van der Waals surface area contributed by atoms with Gasteiger partial charge in [0, 0.05) is 11.3 Å². The summed E-state index contributed by atoms with van der Waals surface area (Å²) in [7, 11) is 0. The highest BCUT2D eigenvalue weighted by Gasteiger charge is 2.30. The van der Waals surface area contributed by atoms with E-state index in [1.54, 1.807) is 12.1 Å². The maximum absolute atomic E-state index is 12.7. The number of hydrogen-bond acceptors (Lipinski definition) is 5. The quantitative estimate of drug-likeness (QED) is 0.642. The van der Waals surface area contributed by atoms with E-state index in [1.807, 2.05) is 0 Å². The Morgan fingerprint density at radius 3 is 2.23 bits per heavy atom. The van der Waals surface area contributed by atoms with Gasteiger partial charge in [-0.25, -0.2) is 0 Å². The van der Waals surface area contributed by atoms with Crippen molar-refractivity contribution >= 4 is 23.0 Å². The molecule has 0 aliphatic heterocycles. The number of carbonyl (C=O) groups is 1. The lowest BCUT2D eigenvalue weighted by Gasteiger charge is -2.10. The highest BCUT2D eigenvalue weighted by molar-refractivity contribution is 6.10. The lowest BCUT2D eigenvalue weighted by Crippen LogP contribution is -2.13. The number of benzene rings is 2. The Bertz CT molecular complexity index is 905. The van der Waals surface area contributed by atoms with E-state index in [2.05, 4.69) is 15.8 Å². The van der Waals surface area contributed by atoms with Gasteiger partial charge in [0.2, 0.25) is 5.71 Å². The smallest absolute Gasteiger partial charge is 0.322 e. The number of anilines is 2. The van der Waals surface area contributed by atoms with Crippen LogP contribution in [-0.2, 0) is 6.18 Å². The third kappa shape index (κ3) is 4.82. The minimum atomic E-state index is -4.50. The standard InChI is InChI=1S/C17H10F3N5O/c18-17(19,20)12-2-1-3-14(8-12)23-16(26)11-4-6-13(7-5-11)24-25-15(9-21)10-22/h1-8,24H,(H,23,26). The summed E-state index contributed by atoms with van der Waals surface area (Å²) in [6, 6.07) is 13.2. The van der Waals surface area contributed by atoms with Gasteiger partial charge in [-0.2, -0.15) is 28.8 Å². The van der Waals surface area contributed by atoms with E-state index in [4.69, 9.17) is 10.5 Å². The van der Waals surface area contributed by atoms with Crippen LogP contribution >= 0.6 is 0 Å². The van der Waals surface area contributed by atoms with Gasteiger partial charge in [0.05, 0.1) is 11.3 Å². The minimum absolute atomic E-state index is 0.0179. The Hall–Kier alpha value is -3.85. The van der Waals surface area contributed by atoms with E-state index in [-0.39, 0.29) is 17.0 Å². The summed E-state index contributed by atoms with van der Waals surface area (Å²) in [5, 5.41) is 23.1. The molecule has 2 aromatic rings. The Kier molecular flexibility index (Phi) is 5.56. The monoisotopic (exact) mass is 357 g/mol. The molecule has 0 spiro atoms. The highest BCUT2D eigenvalue weighted by Crippen LogP contribution is 2.30. The molecule has 0 saturated carbocycles. The van der Waals surface area contributed by atoms with Crippen LogP contribution < -0.4 is 10.7 Å². The molecule has 2 N–H and O–H groups in total. The van der Waals surface area contributed by atoms with Gasteiger partial charge in [-0.1, -0.05) is 6.07 Å². The molecule has 130 valence electrons. The predicted molar refractivity (Wildman–Crippen MR) is 88.1 cm³/mol. The number of carbonyl (C=O) groups excluding carboxylic acids is 1. The fraction of sp³-hybridized carbons (Fsp3) is 0.0588. The van der Waals surface area contributed by atoms with Gasteiger partial charge in [0.25, 0.3) is 5.91 Å². The van der Waals surface area contributed by atoms with E-state index >= 15 is 0 Å². The van der Waals surface area contributed by atoms with Crippen molar-refractivity contribution in [2.24, 2.45) is 5.10 Å². The minimum Gasteiger partial charge on any atom is -0.322 e. The Labute approximate surface area is 146 Å². The van der Waals surface area contributed by atoms with Gasteiger partial charge in [-0.05, 0) is 42.5 Å². The third-order valence-electron chi connectivity index (χ3n) is 3.10. The summed E-state index contributed by atoms with van der Waals surface area (Å²) >= 11 is 0. The van der Waals surface area contributed by atoms with Crippen molar-refractivity contribution in [2.75, 3.05) is 10.7 Å². The molecule has 0 radical (unpaired) electrons. The van der Waals surface area contributed by atoms with Crippen molar-refractivity contribution in [3.8, 4) is 12.1 Å². The summed E-state index contributed by atoms with van der Waals surface area (Å²) < 4.78 is 38.0. The zero-order valence-corrected chi connectivity index (χ0v) is 13.0. The van der Waals surface area contributed by atoms with E-state index in [9.17, 15) is 18.0 Å². The number of amides is 1. The highest BCUT2D eigenvalue weighted by atomic mass is 19.4. The lowest BCUT2D eigenvalue weighted by molar-refractivity contribution is -0.137. The van der Waals surface area contributed by atoms with Gasteiger partial charge in [-0.3, -0.25) is 10.2 Å². The van der Waals surface area contributed by atoms with E-state index in [0.717, 1.165) is 12.1 Å². The molecule has 26 heavy (non-hydrogen) atoms. The number of hydrazone groups is 1. The second-order valence-corrected chi connectivity index (χ2v) is 4.91. The molecule has 2 rings (SSSR count). The summed E-state index contributed by atoms with van der Waals surface area (Å²) in [6.45, 7) is 0. The summed E-state index contributed by atoms with van der Waals surface area (Å²) in [4.78, 5) is 12.1. The molecule has 0 bridgehead atoms. The average Bonchev–Trinajstić information content (AvgIpc) is 2.62. The van der Waals surface area contributed by atoms with Crippen LogP contribution in [0.1, 0.15) is 15.9 Å². The predicted octanol–water partition coefficient (Wildman–Crippen LogP) is 3.77. The maximum Gasteiger partial charge on any atom is 0.416 e. The number of alkyl halides is 3. The molecular weight excluding hydrogens is 347 g/mol. The number of nitrogens with one attached hydrogen (secondary N) is 2. The topological polar surface area (TPSA) is 101 Å². The zero-order chi connectivity index (χ0) is 19.2. The fourth-order valence-electron chi connectivity index (χ4n) is 1.87. The first-order valence-electron chi connectivity index (χ1n) is 7.06. The first-order valence-corrected chi connectivity index (χ1v) is 7.06. The normalized spacial score (nSPS) is 10.2. The van der Waals surface area contributed by atoms with Crippen LogP contribution in [0.2, 0.25) is 0 Å². The van der Waals surface area contributed by atoms with E-state index < -0.39 is 17.6 Å². The second kappa shape index (κ2) is 7.81. The van der Waals surface area contributed by atoms with Gasteiger partial charge >= 0.3 is 6.18 Å². The molecule has 6 nitrogen and oxygen atoms in total. The number of rotatable bonds is 4. The molecule has 9 heteroatoms. The Morgan fingerprint density at radius 2 is 1.65 bits per heavy atom. The molecule has 0 atom stereocenters. The molecule has 0 aliphatic carbocycles. The maximum atomic E-state index is 12.7.